The Morgan fingerprint density at radius 2 is 2.24 bits per heavy atom. The Labute approximate surface area is 129 Å². The van der Waals surface area contributed by atoms with Gasteiger partial charge in [-0.3, -0.25) is 0 Å². The number of hydrogen-bond acceptors (Lipinski definition) is 4. The molecular formula is C16H20ClN3O. The smallest absolute Gasteiger partial charge is 0.226 e. The van der Waals surface area contributed by atoms with E-state index in [0.29, 0.717) is 12.2 Å². The van der Waals surface area contributed by atoms with Crippen LogP contribution >= 0.6 is 11.6 Å². The Bertz CT molecular complexity index is 578. The highest BCUT2D eigenvalue weighted by atomic mass is 35.5. The number of rotatable bonds is 5. The summed E-state index contributed by atoms with van der Waals surface area (Å²) in [4.78, 5) is 4.47. The molecule has 0 amide bonds. The zero-order chi connectivity index (χ0) is 14.5. The van der Waals surface area contributed by atoms with Crippen LogP contribution in [0.3, 0.4) is 0 Å². The summed E-state index contributed by atoms with van der Waals surface area (Å²) in [6.07, 6.45) is 5.16. The third-order valence-corrected chi connectivity index (χ3v) is 4.35. The molecule has 21 heavy (non-hydrogen) atoms. The highest BCUT2D eigenvalue weighted by Gasteiger charge is 2.15. The first-order valence-electron chi connectivity index (χ1n) is 7.57. The van der Waals surface area contributed by atoms with E-state index in [9.17, 15) is 0 Å². The van der Waals surface area contributed by atoms with Crippen LogP contribution in [-0.4, -0.2) is 23.2 Å². The molecule has 0 saturated carbocycles. The summed E-state index contributed by atoms with van der Waals surface area (Å²) in [5.41, 5.74) is 1.03. The molecule has 2 heterocycles. The summed E-state index contributed by atoms with van der Waals surface area (Å²) in [5.74, 6) is 2.18. The second-order valence-corrected chi connectivity index (χ2v) is 6.03. The number of halogens is 1. The van der Waals surface area contributed by atoms with E-state index in [0.717, 1.165) is 48.3 Å². The maximum atomic E-state index is 6.15. The minimum atomic E-state index is 0.619. The number of benzene rings is 1. The van der Waals surface area contributed by atoms with Crippen LogP contribution in [0.1, 0.15) is 36.5 Å². The van der Waals surface area contributed by atoms with Gasteiger partial charge in [-0.05, 0) is 49.9 Å². The molecule has 3 rings (SSSR count). The van der Waals surface area contributed by atoms with Crippen molar-refractivity contribution in [2.24, 2.45) is 5.92 Å². The summed E-state index contributed by atoms with van der Waals surface area (Å²) in [5, 5.41) is 8.24. The number of piperidine rings is 1. The SMILES string of the molecule is Clc1ccccc1Cc1noc(CCC2CCCNC2)n1. The highest BCUT2D eigenvalue weighted by molar-refractivity contribution is 6.31. The quantitative estimate of drug-likeness (QED) is 0.921. The fraction of sp³-hybridized carbons (Fsp3) is 0.500. The summed E-state index contributed by atoms with van der Waals surface area (Å²) in [7, 11) is 0. The van der Waals surface area contributed by atoms with Crippen molar-refractivity contribution in [3.63, 3.8) is 0 Å². The molecule has 1 aromatic heterocycles. The van der Waals surface area contributed by atoms with Crippen molar-refractivity contribution in [3.8, 4) is 0 Å². The van der Waals surface area contributed by atoms with Crippen LogP contribution in [0.4, 0.5) is 0 Å². The van der Waals surface area contributed by atoms with Gasteiger partial charge in [-0.2, -0.15) is 4.98 Å². The van der Waals surface area contributed by atoms with E-state index in [4.69, 9.17) is 16.1 Å². The van der Waals surface area contributed by atoms with Crippen molar-refractivity contribution >= 4 is 11.6 Å². The third kappa shape index (κ3) is 4.05. The van der Waals surface area contributed by atoms with Gasteiger partial charge >= 0.3 is 0 Å². The lowest BCUT2D eigenvalue weighted by molar-refractivity contribution is 0.326. The Kier molecular flexibility index (Phi) is 4.88. The highest BCUT2D eigenvalue weighted by Crippen LogP contribution is 2.19. The van der Waals surface area contributed by atoms with Crippen molar-refractivity contribution in [2.45, 2.75) is 32.1 Å². The zero-order valence-corrected chi connectivity index (χ0v) is 12.8. The standard InChI is InChI=1S/C16H20ClN3O/c17-14-6-2-1-5-13(14)10-15-19-16(21-20-15)8-7-12-4-3-9-18-11-12/h1-2,5-6,12,18H,3-4,7-11H2. The minimum Gasteiger partial charge on any atom is -0.339 e. The first kappa shape index (κ1) is 14.5. The molecule has 5 heteroatoms. The molecule has 0 aliphatic carbocycles. The molecule has 1 aliphatic heterocycles. The first-order valence-corrected chi connectivity index (χ1v) is 7.94. The molecule has 1 fully saturated rings. The van der Waals surface area contributed by atoms with Crippen LogP contribution in [0.25, 0.3) is 0 Å². The van der Waals surface area contributed by atoms with Crippen LogP contribution in [0.15, 0.2) is 28.8 Å². The van der Waals surface area contributed by atoms with E-state index in [1.165, 1.54) is 12.8 Å². The molecule has 112 valence electrons. The molecule has 4 nitrogen and oxygen atoms in total. The van der Waals surface area contributed by atoms with Gasteiger partial charge in [0.25, 0.3) is 0 Å². The van der Waals surface area contributed by atoms with Crippen molar-refractivity contribution < 1.29 is 4.52 Å². The van der Waals surface area contributed by atoms with E-state index >= 15 is 0 Å². The summed E-state index contributed by atoms with van der Waals surface area (Å²) in [6.45, 7) is 2.26. The van der Waals surface area contributed by atoms with E-state index in [1.807, 2.05) is 24.3 Å². The molecule has 0 bridgehead atoms. The number of nitrogens with one attached hydrogen (secondary N) is 1. The normalized spacial score (nSPS) is 18.8. The fourth-order valence-corrected chi connectivity index (χ4v) is 2.98. The van der Waals surface area contributed by atoms with Gasteiger partial charge in [0.05, 0.1) is 0 Å². The van der Waals surface area contributed by atoms with Gasteiger partial charge in [0, 0.05) is 17.9 Å². The maximum absolute atomic E-state index is 6.15. The lowest BCUT2D eigenvalue weighted by Crippen LogP contribution is -2.29. The Balaban J connectivity index is 1.55. The second kappa shape index (κ2) is 7.05. The number of nitrogens with zero attached hydrogens (tertiary/aromatic N) is 2. The van der Waals surface area contributed by atoms with Gasteiger partial charge in [0.1, 0.15) is 0 Å². The Morgan fingerprint density at radius 3 is 3.05 bits per heavy atom. The van der Waals surface area contributed by atoms with E-state index in [2.05, 4.69) is 15.5 Å². The largest absolute Gasteiger partial charge is 0.339 e. The van der Waals surface area contributed by atoms with Crippen molar-refractivity contribution in [3.05, 3.63) is 46.6 Å². The number of aryl methyl sites for hydroxylation is 1. The van der Waals surface area contributed by atoms with Crippen LogP contribution in [0, 0.1) is 5.92 Å². The third-order valence-electron chi connectivity index (χ3n) is 3.98. The summed E-state index contributed by atoms with van der Waals surface area (Å²) in [6, 6.07) is 7.77. The molecule has 1 aromatic carbocycles. The molecule has 0 spiro atoms. The minimum absolute atomic E-state index is 0.619. The summed E-state index contributed by atoms with van der Waals surface area (Å²) < 4.78 is 5.34. The fourth-order valence-electron chi connectivity index (χ4n) is 2.77. The molecule has 1 atom stereocenters. The topological polar surface area (TPSA) is 51.0 Å². The molecule has 1 unspecified atom stereocenters. The predicted molar refractivity (Wildman–Crippen MR) is 82.5 cm³/mol. The maximum Gasteiger partial charge on any atom is 0.226 e. The molecular weight excluding hydrogens is 286 g/mol. The van der Waals surface area contributed by atoms with E-state index in [1.54, 1.807) is 0 Å². The van der Waals surface area contributed by atoms with Gasteiger partial charge < -0.3 is 9.84 Å². The number of aromatic nitrogens is 2. The lowest BCUT2D eigenvalue weighted by atomic mass is 9.95. The van der Waals surface area contributed by atoms with Gasteiger partial charge in [-0.15, -0.1) is 0 Å². The molecule has 1 N–H and O–H groups in total. The monoisotopic (exact) mass is 305 g/mol. The van der Waals surface area contributed by atoms with Crippen molar-refractivity contribution in [1.29, 1.82) is 0 Å². The van der Waals surface area contributed by atoms with E-state index < -0.39 is 0 Å². The van der Waals surface area contributed by atoms with Crippen LogP contribution in [-0.2, 0) is 12.8 Å². The van der Waals surface area contributed by atoms with Gasteiger partial charge in [-0.25, -0.2) is 0 Å². The molecule has 1 saturated heterocycles. The van der Waals surface area contributed by atoms with Crippen LogP contribution < -0.4 is 5.32 Å². The molecule has 1 aliphatic rings. The van der Waals surface area contributed by atoms with Gasteiger partial charge in [0.15, 0.2) is 5.82 Å². The molecule has 0 radical (unpaired) electrons. The number of hydrogen-bond donors (Lipinski definition) is 1. The van der Waals surface area contributed by atoms with Gasteiger partial charge in [0.2, 0.25) is 5.89 Å². The van der Waals surface area contributed by atoms with Crippen LogP contribution in [0.2, 0.25) is 5.02 Å². The lowest BCUT2D eigenvalue weighted by Gasteiger charge is -2.21. The Hall–Kier alpha value is -1.39. The Morgan fingerprint density at radius 1 is 1.33 bits per heavy atom. The zero-order valence-electron chi connectivity index (χ0n) is 12.0. The van der Waals surface area contributed by atoms with Crippen molar-refractivity contribution in [2.75, 3.05) is 13.1 Å². The first-order chi connectivity index (χ1) is 10.3. The average molecular weight is 306 g/mol. The molecule has 2 aromatic rings. The average Bonchev–Trinajstić information content (AvgIpc) is 2.96. The van der Waals surface area contributed by atoms with Crippen molar-refractivity contribution in [1.82, 2.24) is 15.5 Å². The predicted octanol–water partition coefficient (Wildman–Crippen LogP) is 3.25. The second-order valence-electron chi connectivity index (χ2n) is 5.62. The van der Waals surface area contributed by atoms with Gasteiger partial charge in [-0.1, -0.05) is 35.0 Å². The summed E-state index contributed by atoms with van der Waals surface area (Å²) >= 11 is 6.15. The van der Waals surface area contributed by atoms with Crippen LogP contribution in [0.5, 0.6) is 0 Å². The van der Waals surface area contributed by atoms with E-state index in [-0.39, 0.29) is 0 Å².